The molecule has 0 saturated carbocycles. The quantitative estimate of drug-likeness (QED) is 0.679. The van der Waals surface area contributed by atoms with Crippen molar-refractivity contribution in [3.63, 3.8) is 0 Å². The van der Waals surface area contributed by atoms with Gasteiger partial charge in [0.1, 0.15) is 0 Å². The molecule has 0 N–H and O–H groups in total. The molecule has 0 unspecified atom stereocenters. The van der Waals surface area contributed by atoms with E-state index in [9.17, 15) is 0 Å². The van der Waals surface area contributed by atoms with Gasteiger partial charge in [0.15, 0.2) is 0 Å². The van der Waals surface area contributed by atoms with Crippen molar-refractivity contribution in [1.82, 2.24) is 9.97 Å². The Morgan fingerprint density at radius 3 is 2.16 bits per heavy atom. The van der Waals surface area contributed by atoms with Crippen LogP contribution in [0.5, 0.6) is 0 Å². The van der Waals surface area contributed by atoms with Crippen molar-refractivity contribution in [2.24, 2.45) is 0 Å². The van der Waals surface area contributed by atoms with Gasteiger partial charge >= 0.3 is 0 Å². The molecule has 0 aliphatic heterocycles. The van der Waals surface area contributed by atoms with Crippen molar-refractivity contribution in [3.8, 4) is 22.4 Å². The molecular formula is C17H14N2. The smallest absolute Gasteiger partial charge is 0.0914 e. The summed E-state index contributed by atoms with van der Waals surface area (Å²) >= 11 is 0. The summed E-state index contributed by atoms with van der Waals surface area (Å²) < 4.78 is 0. The molecule has 3 rings (SSSR count). The lowest BCUT2D eigenvalue weighted by molar-refractivity contribution is 1.12. The van der Waals surface area contributed by atoms with Crippen molar-refractivity contribution in [3.05, 3.63) is 72.7 Å². The molecule has 2 nitrogen and oxygen atoms in total. The molecule has 0 amide bonds. The van der Waals surface area contributed by atoms with Gasteiger partial charge in [0.2, 0.25) is 0 Å². The normalized spacial score (nSPS) is 10.4. The minimum absolute atomic E-state index is 0.945. The number of rotatable bonds is 2. The second-order valence-electron chi connectivity index (χ2n) is 4.44. The number of aromatic nitrogens is 2. The third-order valence-electron chi connectivity index (χ3n) is 3.12. The summed E-state index contributed by atoms with van der Waals surface area (Å²) in [7, 11) is 0. The second-order valence-corrected chi connectivity index (χ2v) is 4.44. The number of nitrogens with zero attached hydrogens (tertiary/aromatic N) is 2. The summed E-state index contributed by atoms with van der Waals surface area (Å²) in [5.41, 5.74) is 5.41. The number of hydrogen-bond acceptors (Lipinski definition) is 2. The van der Waals surface area contributed by atoms with E-state index in [0.717, 1.165) is 17.0 Å². The van der Waals surface area contributed by atoms with Gasteiger partial charge in [-0.15, -0.1) is 0 Å². The lowest BCUT2D eigenvalue weighted by Crippen LogP contribution is -1.91. The molecule has 0 radical (unpaired) electrons. The van der Waals surface area contributed by atoms with Crippen LogP contribution in [0.4, 0.5) is 0 Å². The van der Waals surface area contributed by atoms with Crippen LogP contribution in [-0.2, 0) is 0 Å². The number of aryl methyl sites for hydroxylation is 1. The van der Waals surface area contributed by atoms with Crippen LogP contribution in [0.3, 0.4) is 0 Å². The highest BCUT2D eigenvalue weighted by Gasteiger charge is 2.05. The van der Waals surface area contributed by atoms with Gasteiger partial charge in [0.25, 0.3) is 0 Å². The molecule has 0 aliphatic carbocycles. The zero-order valence-corrected chi connectivity index (χ0v) is 10.7. The van der Waals surface area contributed by atoms with Gasteiger partial charge in [-0.3, -0.25) is 9.97 Å². The summed E-state index contributed by atoms with van der Waals surface area (Å²) in [6.07, 6.45) is 3.46. The van der Waals surface area contributed by atoms with Gasteiger partial charge in [-0.2, -0.15) is 0 Å². The minimum atomic E-state index is 0.945. The van der Waals surface area contributed by atoms with Gasteiger partial charge in [0, 0.05) is 18.0 Å². The predicted octanol–water partition coefficient (Wildman–Crippen LogP) is 4.12. The van der Waals surface area contributed by atoms with Gasteiger partial charge in [0.05, 0.1) is 11.4 Å². The molecule has 2 aromatic carbocycles. The molecule has 0 aliphatic rings. The van der Waals surface area contributed by atoms with Crippen molar-refractivity contribution in [2.45, 2.75) is 6.92 Å². The Balaban J connectivity index is 2.09. The van der Waals surface area contributed by atoms with Crippen LogP contribution in [0.15, 0.2) is 67.0 Å². The van der Waals surface area contributed by atoms with Crippen LogP contribution in [-0.4, -0.2) is 9.97 Å². The van der Waals surface area contributed by atoms with E-state index in [1.165, 1.54) is 11.1 Å². The lowest BCUT2D eigenvalue weighted by Gasteiger charge is -2.06. The Bertz CT molecular complexity index is 690. The van der Waals surface area contributed by atoms with E-state index in [-0.39, 0.29) is 0 Å². The molecule has 0 fully saturated rings. The summed E-state index contributed by atoms with van der Waals surface area (Å²) in [5.74, 6) is 0. The summed E-state index contributed by atoms with van der Waals surface area (Å²) in [6, 6.07) is 18.8. The molecule has 2 heteroatoms. The van der Waals surface area contributed by atoms with Gasteiger partial charge in [-0.05, 0) is 24.1 Å². The Morgan fingerprint density at radius 2 is 1.37 bits per heavy atom. The molecule has 0 bridgehead atoms. The molecule has 92 valence electrons. The van der Waals surface area contributed by atoms with Crippen molar-refractivity contribution in [1.29, 1.82) is 0 Å². The van der Waals surface area contributed by atoms with E-state index in [1.54, 1.807) is 12.4 Å². The average molecular weight is 246 g/mol. The summed E-state index contributed by atoms with van der Waals surface area (Å²) in [5, 5.41) is 0. The fraction of sp³-hybridized carbons (Fsp3) is 0.0588. The Kier molecular flexibility index (Phi) is 3.07. The highest BCUT2D eigenvalue weighted by Crippen LogP contribution is 2.25. The summed E-state index contributed by atoms with van der Waals surface area (Å²) in [6.45, 7) is 1.98. The average Bonchev–Trinajstić information content (AvgIpc) is 2.49. The SMILES string of the molecule is Cc1nccnc1-c1cccc(-c2ccccc2)c1. The van der Waals surface area contributed by atoms with Crippen molar-refractivity contribution >= 4 is 0 Å². The van der Waals surface area contributed by atoms with E-state index in [1.807, 2.05) is 13.0 Å². The largest absolute Gasteiger partial charge is 0.258 e. The van der Waals surface area contributed by atoms with Crippen molar-refractivity contribution in [2.75, 3.05) is 0 Å². The monoisotopic (exact) mass is 246 g/mol. The third kappa shape index (κ3) is 2.38. The molecule has 0 spiro atoms. The Morgan fingerprint density at radius 1 is 0.684 bits per heavy atom. The van der Waals surface area contributed by atoms with Crippen LogP contribution in [0.2, 0.25) is 0 Å². The first-order valence-corrected chi connectivity index (χ1v) is 6.28. The van der Waals surface area contributed by atoms with Crippen LogP contribution >= 0.6 is 0 Å². The van der Waals surface area contributed by atoms with E-state index >= 15 is 0 Å². The van der Waals surface area contributed by atoms with Gasteiger partial charge < -0.3 is 0 Å². The first kappa shape index (κ1) is 11.6. The molecular weight excluding hydrogens is 232 g/mol. The molecule has 0 saturated heterocycles. The molecule has 1 heterocycles. The van der Waals surface area contributed by atoms with Crippen LogP contribution in [0, 0.1) is 6.92 Å². The van der Waals surface area contributed by atoms with E-state index in [4.69, 9.17) is 0 Å². The Hall–Kier alpha value is -2.48. The fourth-order valence-corrected chi connectivity index (χ4v) is 2.17. The van der Waals surface area contributed by atoms with Crippen LogP contribution < -0.4 is 0 Å². The zero-order valence-electron chi connectivity index (χ0n) is 10.7. The second kappa shape index (κ2) is 5.02. The maximum absolute atomic E-state index is 4.42. The topological polar surface area (TPSA) is 25.8 Å². The maximum Gasteiger partial charge on any atom is 0.0914 e. The highest BCUT2D eigenvalue weighted by molar-refractivity contribution is 5.72. The minimum Gasteiger partial charge on any atom is -0.258 e. The van der Waals surface area contributed by atoms with Crippen LogP contribution in [0.1, 0.15) is 5.69 Å². The Labute approximate surface area is 112 Å². The number of benzene rings is 2. The molecule has 19 heavy (non-hydrogen) atoms. The van der Waals surface area contributed by atoms with E-state index in [2.05, 4.69) is 58.5 Å². The van der Waals surface area contributed by atoms with Gasteiger partial charge in [-0.25, -0.2) is 0 Å². The molecule has 3 aromatic rings. The fourth-order valence-electron chi connectivity index (χ4n) is 2.17. The highest BCUT2D eigenvalue weighted by atomic mass is 14.8. The standard InChI is InChI=1S/C17H14N2/c1-13-17(19-11-10-18-13)16-9-5-8-15(12-16)14-6-3-2-4-7-14/h2-12H,1H3. The van der Waals surface area contributed by atoms with E-state index in [0.29, 0.717) is 0 Å². The van der Waals surface area contributed by atoms with Crippen LogP contribution in [0.25, 0.3) is 22.4 Å². The number of hydrogen-bond donors (Lipinski definition) is 0. The summed E-state index contributed by atoms with van der Waals surface area (Å²) in [4.78, 5) is 8.72. The first-order valence-electron chi connectivity index (χ1n) is 6.28. The van der Waals surface area contributed by atoms with Gasteiger partial charge in [-0.1, -0.05) is 48.5 Å². The molecule has 1 aromatic heterocycles. The third-order valence-corrected chi connectivity index (χ3v) is 3.12. The van der Waals surface area contributed by atoms with Crippen molar-refractivity contribution < 1.29 is 0 Å². The first-order chi connectivity index (χ1) is 9.34. The zero-order chi connectivity index (χ0) is 13.1. The predicted molar refractivity (Wildman–Crippen MR) is 77.6 cm³/mol. The molecule has 0 atom stereocenters. The van der Waals surface area contributed by atoms with E-state index < -0.39 is 0 Å². The maximum atomic E-state index is 4.42. The lowest BCUT2D eigenvalue weighted by atomic mass is 10.0.